The van der Waals surface area contributed by atoms with Gasteiger partial charge in [-0.2, -0.15) is 0 Å². The highest BCUT2D eigenvalue weighted by atomic mass is 16.5. The molecule has 1 aliphatic rings. The van der Waals surface area contributed by atoms with Crippen molar-refractivity contribution in [2.24, 2.45) is 11.8 Å². The summed E-state index contributed by atoms with van der Waals surface area (Å²) in [5.74, 6) is 1.10. The Labute approximate surface area is 98.9 Å². The zero-order chi connectivity index (χ0) is 12.0. The van der Waals surface area contributed by atoms with Gasteiger partial charge in [0.1, 0.15) is 0 Å². The Morgan fingerprint density at radius 3 is 2.50 bits per heavy atom. The minimum atomic E-state index is -0.0138. The third-order valence-electron chi connectivity index (χ3n) is 3.05. The molecule has 1 rings (SSSR count). The summed E-state index contributed by atoms with van der Waals surface area (Å²) in [6, 6.07) is 0. The molecule has 0 aromatic rings. The van der Waals surface area contributed by atoms with E-state index in [1.807, 2.05) is 6.92 Å². The van der Waals surface area contributed by atoms with Gasteiger partial charge in [-0.25, -0.2) is 0 Å². The van der Waals surface area contributed by atoms with Gasteiger partial charge in [-0.1, -0.05) is 13.8 Å². The van der Waals surface area contributed by atoms with Crippen LogP contribution in [-0.4, -0.2) is 25.2 Å². The van der Waals surface area contributed by atoms with Crippen LogP contribution in [0.25, 0.3) is 0 Å². The first-order chi connectivity index (χ1) is 7.58. The highest BCUT2D eigenvalue weighted by Crippen LogP contribution is 2.17. The predicted octanol–water partition coefficient (Wildman–Crippen LogP) is 2.35. The molecule has 0 amide bonds. The average Bonchev–Trinajstić information content (AvgIpc) is 2.17. The Balaban J connectivity index is 2.18. The van der Waals surface area contributed by atoms with Crippen LogP contribution in [0.2, 0.25) is 0 Å². The van der Waals surface area contributed by atoms with Crippen molar-refractivity contribution in [3.05, 3.63) is 0 Å². The van der Waals surface area contributed by atoms with Crippen molar-refractivity contribution < 1.29 is 9.53 Å². The van der Waals surface area contributed by atoms with E-state index >= 15 is 0 Å². The van der Waals surface area contributed by atoms with Crippen molar-refractivity contribution in [2.75, 3.05) is 13.1 Å². The lowest BCUT2D eigenvalue weighted by Gasteiger charge is -2.22. The van der Waals surface area contributed by atoms with E-state index in [1.54, 1.807) is 0 Å². The summed E-state index contributed by atoms with van der Waals surface area (Å²) < 4.78 is 5.40. The lowest BCUT2D eigenvalue weighted by molar-refractivity contribution is -0.150. The fourth-order valence-corrected chi connectivity index (χ4v) is 2.31. The molecule has 0 saturated carbocycles. The second-order valence-corrected chi connectivity index (χ2v) is 5.33. The van der Waals surface area contributed by atoms with Gasteiger partial charge in [0.2, 0.25) is 0 Å². The smallest absolute Gasteiger partial charge is 0.306 e. The fraction of sp³-hybridized carbons (Fsp3) is 0.923. The first kappa shape index (κ1) is 13.5. The van der Waals surface area contributed by atoms with Crippen molar-refractivity contribution in [1.82, 2.24) is 5.32 Å². The van der Waals surface area contributed by atoms with Crippen molar-refractivity contribution in [3.63, 3.8) is 0 Å². The Kier molecular flexibility index (Phi) is 5.81. The van der Waals surface area contributed by atoms with Crippen LogP contribution in [0.15, 0.2) is 0 Å². The van der Waals surface area contributed by atoms with Gasteiger partial charge >= 0.3 is 5.97 Å². The molecule has 1 heterocycles. The van der Waals surface area contributed by atoms with Gasteiger partial charge in [0.05, 0.1) is 6.10 Å². The fourth-order valence-electron chi connectivity index (χ4n) is 2.31. The molecule has 0 aromatic carbocycles. The summed E-state index contributed by atoms with van der Waals surface area (Å²) in [6.07, 6.45) is 3.83. The molecule has 3 nitrogen and oxygen atoms in total. The monoisotopic (exact) mass is 227 g/mol. The van der Waals surface area contributed by atoms with Crippen LogP contribution in [0.3, 0.4) is 0 Å². The van der Waals surface area contributed by atoms with Gasteiger partial charge in [0.15, 0.2) is 0 Å². The molecule has 1 unspecified atom stereocenters. The Bertz CT molecular complexity index is 210. The lowest BCUT2D eigenvalue weighted by atomic mass is 9.95. The number of carbonyl (C=O) groups excluding carboxylic acids is 1. The summed E-state index contributed by atoms with van der Waals surface area (Å²) in [5.41, 5.74) is 0. The molecule has 16 heavy (non-hydrogen) atoms. The molecule has 0 spiro atoms. The van der Waals surface area contributed by atoms with Crippen LogP contribution in [0.1, 0.15) is 46.5 Å². The number of nitrogens with one attached hydrogen (secondary N) is 1. The van der Waals surface area contributed by atoms with E-state index < -0.39 is 0 Å². The molecule has 1 aliphatic heterocycles. The summed E-state index contributed by atoms with van der Waals surface area (Å²) >= 11 is 0. The number of rotatable bonds is 5. The van der Waals surface area contributed by atoms with Crippen LogP contribution in [-0.2, 0) is 9.53 Å². The molecule has 0 aliphatic carbocycles. The number of esters is 1. The number of piperidine rings is 1. The second kappa shape index (κ2) is 6.89. The number of ether oxygens (including phenoxy) is 1. The maximum atomic E-state index is 11.7. The first-order valence-corrected chi connectivity index (χ1v) is 6.48. The first-order valence-electron chi connectivity index (χ1n) is 6.48. The van der Waals surface area contributed by atoms with Crippen molar-refractivity contribution >= 4 is 5.97 Å². The van der Waals surface area contributed by atoms with E-state index in [4.69, 9.17) is 4.74 Å². The van der Waals surface area contributed by atoms with Crippen LogP contribution < -0.4 is 5.32 Å². The molecular formula is C13H25NO2. The number of hydrogen-bond donors (Lipinski definition) is 1. The van der Waals surface area contributed by atoms with Crippen LogP contribution in [0.5, 0.6) is 0 Å². The number of hydrogen-bond acceptors (Lipinski definition) is 3. The van der Waals surface area contributed by atoms with Gasteiger partial charge in [0, 0.05) is 6.42 Å². The molecule has 1 fully saturated rings. The van der Waals surface area contributed by atoms with E-state index in [9.17, 15) is 4.79 Å². The summed E-state index contributed by atoms with van der Waals surface area (Å²) in [6.45, 7) is 8.37. The number of carbonyl (C=O) groups is 1. The SMILES string of the molecule is CC(C)CC(C)OC(=O)CC1CCNCC1. The third kappa shape index (κ3) is 5.50. The topological polar surface area (TPSA) is 38.3 Å². The predicted molar refractivity (Wildman–Crippen MR) is 65.2 cm³/mol. The van der Waals surface area contributed by atoms with Crippen molar-refractivity contribution in [3.8, 4) is 0 Å². The van der Waals surface area contributed by atoms with Gasteiger partial charge < -0.3 is 10.1 Å². The minimum Gasteiger partial charge on any atom is -0.463 e. The van der Waals surface area contributed by atoms with E-state index in [0.717, 1.165) is 32.4 Å². The van der Waals surface area contributed by atoms with Gasteiger partial charge in [-0.15, -0.1) is 0 Å². The molecule has 0 aromatic heterocycles. The van der Waals surface area contributed by atoms with Crippen LogP contribution in [0, 0.1) is 11.8 Å². The summed E-state index contributed by atoms with van der Waals surface area (Å²) in [5, 5.41) is 3.30. The Morgan fingerprint density at radius 1 is 1.31 bits per heavy atom. The molecule has 94 valence electrons. The maximum absolute atomic E-state index is 11.7. The summed E-state index contributed by atoms with van der Waals surface area (Å²) in [4.78, 5) is 11.7. The molecule has 3 heteroatoms. The quantitative estimate of drug-likeness (QED) is 0.733. The molecule has 1 N–H and O–H groups in total. The Hall–Kier alpha value is -0.570. The second-order valence-electron chi connectivity index (χ2n) is 5.33. The zero-order valence-electron chi connectivity index (χ0n) is 10.8. The van der Waals surface area contributed by atoms with Gasteiger partial charge in [-0.3, -0.25) is 4.79 Å². The largest absolute Gasteiger partial charge is 0.463 e. The van der Waals surface area contributed by atoms with E-state index in [0.29, 0.717) is 18.3 Å². The third-order valence-corrected chi connectivity index (χ3v) is 3.05. The van der Waals surface area contributed by atoms with E-state index in [1.165, 1.54) is 0 Å². The average molecular weight is 227 g/mol. The van der Waals surface area contributed by atoms with Crippen LogP contribution in [0.4, 0.5) is 0 Å². The highest BCUT2D eigenvalue weighted by molar-refractivity contribution is 5.69. The zero-order valence-corrected chi connectivity index (χ0v) is 10.8. The molecular weight excluding hydrogens is 202 g/mol. The highest BCUT2D eigenvalue weighted by Gasteiger charge is 2.19. The van der Waals surface area contributed by atoms with Gasteiger partial charge in [0.25, 0.3) is 0 Å². The normalized spacial score (nSPS) is 19.8. The van der Waals surface area contributed by atoms with Crippen molar-refractivity contribution in [1.29, 1.82) is 0 Å². The van der Waals surface area contributed by atoms with E-state index in [-0.39, 0.29) is 12.1 Å². The molecule has 0 bridgehead atoms. The summed E-state index contributed by atoms with van der Waals surface area (Å²) in [7, 11) is 0. The van der Waals surface area contributed by atoms with E-state index in [2.05, 4.69) is 19.2 Å². The standard InChI is InChI=1S/C13H25NO2/c1-10(2)8-11(3)16-13(15)9-12-4-6-14-7-5-12/h10-12,14H,4-9H2,1-3H3. The van der Waals surface area contributed by atoms with Gasteiger partial charge in [-0.05, 0) is 51.1 Å². The maximum Gasteiger partial charge on any atom is 0.306 e. The van der Waals surface area contributed by atoms with Crippen molar-refractivity contribution in [2.45, 2.75) is 52.6 Å². The molecule has 0 radical (unpaired) electrons. The molecule has 1 saturated heterocycles. The molecule has 1 atom stereocenters. The minimum absolute atomic E-state index is 0.0138. The lowest BCUT2D eigenvalue weighted by Crippen LogP contribution is -2.29. The Morgan fingerprint density at radius 2 is 1.94 bits per heavy atom. The van der Waals surface area contributed by atoms with Crippen LogP contribution >= 0.6 is 0 Å².